The Bertz CT molecular complexity index is 953. The predicted molar refractivity (Wildman–Crippen MR) is 122 cm³/mol. The minimum absolute atomic E-state index is 0.0667. The van der Waals surface area contributed by atoms with Crippen LogP contribution in [0.25, 0.3) is 0 Å². The second-order valence-corrected chi connectivity index (χ2v) is 8.38. The molecule has 0 aliphatic carbocycles. The fraction of sp³-hybridized carbons (Fsp3) is 0.231. The lowest BCUT2D eigenvalue weighted by Crippen LogP contribution is -2.40. The smallest absolute Gasteiger partial charge is 0.253 e. The molecule has 0 unspecified atom stereocenters. The molecule has 30 heavy (non-hydrogen) atoms. The number of benzene rings is 3. The van der Waals surface area contributed by atoms with Gasteiger partial charge in [-0.2, -0.15) is 0 Å². The van der Waals surface area contributed by atoms with Gasteiger partial charge in [0.1, 0.15) is 0 Å². The molecule has 0 aliphatic rings. The van der Waals surface area contributed by atoms with Crippen molar-refractivity contribution >= 4 is 17.5 Å². The van der Waals surface area contributed by atoms with Crippen LogP contribution in [-0.2, 0) is 4.79 Å². The van der Waals surface area contributed by atoms with E-state index in [2.05, 4.69) is 10.6 Å². The molecule has 2 N–H and O–H groups in total. The molecule has 0 saturated carbocycles. The van der Waals surface area contributed by atoms with Crippen molar-refractivity contribution in [1.29, 1.82) is 0 Å². The van der Waals surface area contributed by atoms with Crippen molar-refractivity contribution in [1.82, 2.24) is 5.32 Å². The van der Waals surface area contributed by atoms with Crippen LogP contribution in [0.5, 0.6) is 0 Å². The van der Waals surface area contributed by atoms with Crippen molar-refractivity contribution in [2.45, 2.75) is 38.6 Å². The van der Waals surface area contributed by atoms with E-state index in [-0.39, 0.29) is 29.7 Å². The summed E-state index contributed by atoms with van der Waals surface area (Å²) in [6.45, 7) is 5.78. The summed E-state index contributed by atoms with van der Waals surface area (Å²) in [6, 6.07) is 27.1. The molecule has 0 saturated heterocycles. The molecular formula is C26H28N2O2. The van der Waals surface area contributed by atoms with Crippen molar-refractivity contribution in [2.75, 3.05) is 5.32 Å². The third-order valence-electron chi connectivity index (χ3n) is 4.73. The first kappa shape index (κ1) is 21.3. The first-order valence-corrected chi connectivity index (χ1v) is 10.1. The van der Waals surface area contributed by atoms with Gasteiger partial charge in [-0.3, -0.25) is 9.59 Å². The highest BCUT2D eigenvalue weighted by atomic mass is 16.2. The summed E-state index contributed by atoms with van der Waals surface area (Å²) in [6.07, 6.45) is 0.281. The van der Waals surface area contributed by atoms with Gasteiger partial charge in [-0.15, -0.1) is 0 Å². The molecule has 0 aliphatic heterocycles. The van der Waals surface area contributed by atoms with E-state index in [4.69, 9.17) is 0 Å². The number of hydrogen-bond acceptors (Lipinski definition) is 2. The zero-order valence-corrected chi connectivity index (χ0v) is 17.7. The number of carbonyl (C=O) groups is 2. The molecule has 154 valence electrons. The van der Waals surface area contributed by atoms with E-state index in [1.165, 1.54) is 0 Å². The largest absolute Gasteiger partial charge is 0.347 e. The first-order valence-electron chi connectivity index (χ1n) is 10.1. The zero-order chi connectivity index (χ0) is 21.6. The topological polar surface area (TPSA) is 58.2 Å². The van der Waals surface area contributed by atoms with Gasteiger partial charge in [0.05, 0.1) is 11.3 Å². The highest BCUT2D eigenvalue weighted by Gasteiger charge is 2.21. The molecule has 0 radical (unpaired) electrons. The van der Waals surface area contributed by atoms with E-state index >= 15 is 0 Å². The summed E-state index contributed by atoms with van der Waals surface area (Å²) in [7, 11) is 0. The number of nitrogens with one attached hydrogen (secondary N) is 2. The average molecular weight is 401 g/mol. The summed E-state index contributed by atoms with van der Waals surface area (Å²) < 4.78 is 0. The lowest BCUT2D eigenvalue weighted by molar-refractivity contribution is -0.116. The normalized spacial score (nSPS) is 11.2. The third kappa shape index (κ3) is 5.80. The Balaban J connectivity index is 1.81. The molecular weight excluding hydrogens is 372 g/mol. The van der Waals surface area contributed by atoms with Crippen molar-refractivity contribution < 1.29 is 9.59 Å². The number of anilines is 1. The van der Waals surface area contributed by atoms with Gasteiger partial charge in [-0.25, -0.2) is 0 Å². The van der Waals surface area contributed by atoms with Crippen LogP contribution < -0.4 is 10.6 Å². The molecule has 0 atom stereocenters. The Morgan fingerprint density at radius 2 is 1.27 bits per heavy atom. The molecule has 0 spiro atoms. The third-order valence-corrected chi connectivity index (χ3v) is 4.73. The lowest BCUT2D eigenvalue weighted by Gasteiger charge is -2.22. The molecule has 0 fully saturated rings. The van der Waals surface area contributed by atoms with Gasteiger partial charge in [0.2, 0.25) is 5.91 Å². The molecule has 4 heteroatoms. The maximum absolute atomic E-state index is 13.0. The van der Waals surface area contributed by atoms with Crippen molar-refractivity contribution in [3.8, 4) is 0 Å². The number of para-hydroxylation sites is 1. The molecule has 2 amide bonds. The Labute approximate surface area is 178 Å². The van der Waals surface area contributed by atoms with Crippen LogP contribution in [0.2, 0.25) is 0 Å². The van der Waals surface area contributed by atoms with E-state index in [1.807, 2.05) is 87.5 Å². The van der Waals surface area contributed by atoms with Gasteiger partial charge in [0, 0.05) is 17.9 Å². The summed E-state index contributed by atoms with van der Waals surface area (Å²) in [5.41, 5.74) is 2.77. The summed E-state index contributed by atoms with van der Waals surface area (Å²) in [4.78, 5) is 25.7. The van der Waals surface area contributed by atoms with Crippen LogP contribution >= 0.6 is 0 Å². The maximum atomic E-state index is 13.0. The quantitative estimate of drug-likeness (QED) is 0.584. The van der Waals surface area contributed by atoms with Crippen LogP contribution in [0.15, 0.2) is 84.9 Å². The van der Waals surface area contributed by atoms with Gasteiger partial charge in [0.15, 0.2) is 0 Å². The van der Waals surface area contributed by atoms with Crippen molar-refractivity contribution in [3.05, 3.63) is 102 Å². The second kappa shape index (κ2) is 9.40. The summed E-state index contributed by atoms with van der Waals surface area (Å²) in [5, 5.41) is 5.90. The monoisotopic (exact) mass is 400 g/mol. The average Bonchev–Trinajstić information content (AvgIpc) is 2.72. The Morgan fingerprint density at radius 1 is 0.767 bits per heavy atom. The van der Waals surface area contributed by atoms with Gasteiger partial charge in [0.25, 0.3) is 5.91 Å². The van der Waals surface area contributed by atoms with Gasteiger partial charge < -0.3 is 10.6 Å². The highest BCUT2D eigenvalue weighted by molar-refractivity contribution is 6.04. The van der Waals surface area contributed by atoms with Gasteiger partial charge in [-0.05, 0) is 44.0 Å². The molecule has 0 heterocycles. The zero-order valence-electron chi connectivity index (χ0n) is 17.7. The van der Waals surface area contributed by atoms with E-state index in [0.717, 1.165) is 11.1 Å². The molecule has 3 aromatic carbocycles. The van der Waals surface area contributed by atoms with Crippen molar-refractivity contribution in [2.24, 2.45) is 0 Å². The second-order valence-electron chi connectivity index (χ2n) is 8.38. The van der Waals surface area contributed by atoms with E-state index < -0.39 is 0 Å². The van der Waals surface area contributed by atoms with E-state index in [1.54, 1.807) is 18.2 Å². The Morgan fingerprint density at radius 3 is 1.80 bits per heavy atom. The van der Waals surface area contributed by atoms with E-state index in [0.29, 0.717) is 11.3 Å². The maximum Gasteiger partial charge on any atom is 0.253 e. The Hall–Kier alpha value is -3.40. The molecule has 3 rings (SSSR count). The first-order chi connectivity index (χ1) is 14.3. The summed E-state index contributed by atoms with van der Waals surface area (Å²) in [5.74, 6) is -0.409. The van der Waals surface area contributed by atoms with Gasteiger partial charge >= 0.3 is 0 Å². The molecule has 3 aromatic rings. The number of amides is 2. The SMILES string of the molecule is CC(C)(C)NC(=O)c1ccccc1NC(=O)CC(c1ccccc1)c1ccccc1. The molecule has 0 aromatic heterocycles. The fourth-order valence-corrected chi connectivity index (χ4v) is 3.38. The van der Waals surface area contributed by atoms with Gasteiger partial charge in [-0.1, -0.05) is 72.8 Å². The highest BCUT2D eigenvalue weighted by Crippen LogP contribution is 2.28. The lowest BCUT2D eigenvalue weighted by atomic mass is 9.88. The Kier molecular flexibility index (Phi) is 6.68. The predicted octanol–water partition coefficient (Wildman–Crippen LogP) is 5.38. The standard InChI is InChI=1S/C26H28N2O2/c1-26(2,3)28-25(30)21-16-10-11-17-23(21)27-24(29)18-22(19-12-6-4-7-13-19)20-14-8-5-9-15-20/h4-17,22H,18H2,1-3H3,(H,27,29)(H,28,30). The number of hydrogen-bond donors (Lipinski definition) is 2. The van der Waals surface area contributed by atoms with Crippen molar-refractivity contribution in [3.63, 3.8) is 0 Å². The van der Waals surface area contributed by atoms with Crippen LogP contribution in [0.1, 0.15) is 54.6 Å². The van der Waals surface area contributed by atoms with Crippen LogP contribution in [-0.4, -0.2) is 17.4 Å². The fourth-order valence-electron chi connectivity index (χ4n) is 3.38. The van der Waals surface area contributed by atoms with Crippen LogP contribution in [0.4, 0.5) is 5.69 Å². The minimum atomic E-state index is -0.361. The minimum Gasteiger partial charge on any atom is -0.347 e. The molecule has 4 nitrogen and oxygen atoms in total. The van der Waals surface area contributed by atoms with Crippen LogP contribution in [0, 0.1) is 0 Å². The summed E-state index contributed by atoms with van der Waals surface area (Å²) >= 11 is 0. The number of rotatable bonds is 6. The van der Waals surface area contributed by atoms with E-state index in [9.17, 15) is 9.59 Å². The number of carbonyl (C=O) groups excluding carboxylic acids is 2. The van der Waals surface area contributed by atoms with Crippen LogP contribution in [0.3, 0.4) is 0 Å². The molecule has 0 bridgehead atoms.